The summed E-state index contributed by atoms with van der Waals surface area (Å²) in [5.74, 6) is -0.0602. The van der Waals surface area contributed by atoms with Crippen LogP contribution in [-0.4, -0.2) is 42.3 Å². The van der Waals surface area contributed by atoms with Gasteiger partial charge in [-0.05, 0) is 38.9 Å². The van der Waals surface area contributed by atoms with Crippen molar-refractivity contribution in [2.75, 3.05) is 13.6 Å². The zero-order valence-corrected chi connectivity index (χ0v) is 12.5. The van der Waals surface area contributed by atoms with Gasteiger partial charge in [0, 0.05) is 16.6 Å². The second-order valence-electron chi connectivity index (χ2n) is 5.31. The molecule has 0 aliphatic heterocycles. The van der Waals surface area contributed by atoms with E-state index in [0.717, 1.165) is 12.8 Å². The maximum atomic E-state index is 12.3. The molecule has 1 aromatic carbocycles. The van der Waals surface area contributed by atoms with E-state index in [9.17, 15) is 9.59 Å². The van der Waals surface area contributed by atoms with Crippen molar-refractivity contribution in [1.82, 2.24) is 10.2 Å². The lowest BCUT2D eigenvalue weighted by Crippen LogP contribution is -2.43. The number of carbonyl (C=O) groups is 2. The van der Waals surface area contributed by atoms with Gasteiger partial charge in [-0.3, -0.25) is 14.5 Å². The molecule has 20 heavy (non-hydrogen) atoms. The van der Waals surface area contributed by atoms with E-state index in [1.165, 1.54) is 0 Å². The molecule has 1 aliphatic rings. The first-order valence-corrected chi connectivity index (χ1v) is 7.14. The standard InChI is InChI=1S/C15H19ClN2O2/c1-10(15(20)11-4-3-5-12(16)8-11)18(2)9-14(19)17-13-6-7-13/h3-5,8,10,13H,6-7,9H2,1-2H3,(H,17,19). The summed E-state index contributed by atoms with van der Waals surface area (Å²) >= 11 is 5.89. The maximum Gasteiger partial charge on any atom is 0.234 e. The lowest BCUT2D eigenvalue weighted by molar-refractivity contribution is -0.122. The number of hydrogen-bond donors (Lipinski definition) is 1. The Bertz CT molecular complexity index is 514. The van der Waals surface area contributed by atoms with Gasteiger partial charge in [0.25, 0.3) is 0 Å². The Hall–Kier alpha value is -1.39. The average molecular weight is 295 g/mol. The van der Waals surface area contributed by atoms with Crippen molar-refractivity contribution in [1.29, 1.82) is 0 Å². The number of likely N-dealkylation sites (N-methyl/N-ethyl adjacent to an activating group) is 1. The van der Waals surface area contributed by atoms with Crippen LogP contribution in [0.1, 0.15) is 30.1 Å². The summed E-state index contributed by atoms with van der Waals surface area (Å²) in [5, 5.41) is 3.45. The molecule has 1 amide bonds. The molecule has 1 aliphatic carbocycles. The summed E-state index contributed by atoms with van der Waals surface area (Å²) in [4.78, 5) is 25.8. The number of nitrogens with zero attached hydrogens (tertiary/aromatic N) is 1. The van der Waals surface area contributed by atoms with Gasteiger partial charge in [0.05, 0.1) is 12.6 Å². The number of hydrogen-bond acceptors (Lipinski definition) is 3. The Balaban J connectivity index is 1.93. The molecule has 1 fully saturated rings. The van der Waals surface area contributed by atoms with E-state index in [4.69, 9.17) is 11.6 Å². The fourth-order valence-electron chi connectivity index (χ4n) is 1.95. The minimum absolute atomic E-state index is 0.0271. The first kappa shape index (κ1) is 15.0. The molecule has 1 aromatic rings. The van der Waals surface area contributed by atoms with Gasteiger partial charge >= 0.3 is 0 Å². The van der Waals surface area contributed by atoms with Crippen LogP contribution in [0.15, 0.2) is 24.3 Å². The molecule has 0 radical (unpaired) electrons. The molecule has 1 atom stereocenters. The van der Waals surface area contributed by atoms with Crippen molar-refractivity contribution < 1.29 is 9.59 Å². The van der Waals surface area contributed by atoms with E-state index in [1.807, 2.05) is 0 Å². The third-order valence-electron chi connectivity index (χ3n) is 3.49. The minimum atomic E-state index is -0.363. The summed E-state index contributed by atoms with van der Waals surface area (Å²) in [6.45, 7) is 2.03. The zero-order chi connectivity index (χ0) is 14.7. The first-order valence-electron chi connectivity index (χ1n) is 6.76. The number of ketones is 1. The smallest absolute Gasteiger partial charge is 0.234 e. The molecule has 1 saturated carbocycles. The maximum absolute atomic E-state index is 12.3. The summed E-state index contributed by atoms with van der Waals surface area (Å²) in [5.41, 5.74) is 0.569. The summed E-state index contributed by atoms with van der Waals surface area (Å²) in [7, 11) is 1.78. The van der Waals surface area contributed by atoms with E-state index in [0.29, 0.717) is 16.6 Å². The monoisotopic (exact) mass is 294 g/mol. The summed E-state index contributed by atoms with van der Waals surface area (Å²) < 4.78 is 0. The van der Waals surface area contributed by atoms with Gasteiger partial charge in [0.15, 0.2) is 5.78 Å². The Morgan fingerprint density at radius 3 is 2.75 bits per heavy atom. The third-order valence-corrected chi connectivity index (χ3v) is 3.72. The fourth-order valence-corrected chi connectivity index (χ4v) is 2.14. The molecule has 1 unspecified atom stereocenters. The van der Waals surface area contributed by atoms with Gasteiger partial charge in [-0.2, -0.15) is 0 Å². The van der Waals surface area contributed by atoms with Crippen LogP contribution in [0.4, 0.5) is 0 Å². The SMILES string of the molecule is CC(C(=O)c1cccc(Cl)c1)N(C)CC(=O)NC1CC1. The molecule has 5 heteroatoms. The minimum Gasteiger partial charge on any atom is -0.352 e. The highest BCUT2D eigenvalue weighted by Gasteiger charge is 2.26. The normalized spacial score (nSPS) is 16.0. The van der Waals surface area contributed by atoms with E-state index in [2.05, 4.69) is 5.32 Å². The number of benzene rings is 1. The number of halogens is 1. The van der Waals surface area contributed by atoms with Gasteiger partial charge in [-0.1, -0.05) is 23.7 Å². The molecule has 108 valence electrons. The third kappa shape index (κ3) is 4.05. The van der Waals surface area contributed by atoms with Gasteiger partial charge in [-0.25, -0.2) is 0 Å². The molecular weight excluding hydrogens is 276 g/mol. The van der Waals surface area contributed by atoms with Gasteiger partial charge in [0.1, 0.15) is 0 Å². The Labute approximate surface area is 124 Å². The van der Waals surface area contributed by atoms with Crippen LogP contribution in [-0.2, 0) is 4.79 Å². The average Bonchev–Trinajstić information content (AvgIpc) is 3.20. The fraction of sp³-hybridized carbons (Fsp3) is 0.467. The molecule has 4 nitrogen and oxygen atoms in total. The molecular formula is C15H19ClN2O2. The first-order chi connectivity index (χ1) is 9.47. The number of amides is 1. The number of carbonyl (C=O) groups excluding carboxylic acids is 2. The number of Topliss-reactive ketones (excluding diaryl/α,β-unsaturated/α-hetero) is 1. The van der Waals surface area contributed by atoms with E-state index in [-0.39, 0.29) is 24.3 Å². The van der Waals surface area contributed by atoms with Crippen LogP contribution in [0.2, 0.25) is 5.02 Å². The molecule has 0 heterocycles. The van der Waals surface area contributed by atoms with E-state index < -0.39 is 0 Å². The van der Waals surface area contributed by atoms with Gasteiger partial charge < -0.3 is 5.32 Å². The summed E-state index contributed by atoms with van der Waals surface area (Å²) in [6, 6.07) is 6.85. The Morgan fingerprint density at radius 2 is 2.15 bits per heavy atom. The van der Waals surface area contributed by atoms with E-state index in [1.54, 1.807) is 43.1 Å². The van der Waals surface area contributed by atoms with Crippen LogP contribution in [0.25, 0.3) is 0 Å². The molecule has 0 aromatic heterocycles. The van der Waals surface area contributed by atoms with Crippen molar-refractivity contribution >= 4 is 23.3 Å². The quantitative estimate of drug-likeness (QED) is 0.818. The van der Waals surface area contributed by atoms with Crippen molar-refractivity contribution in [3.8, 4) is 0 Å². The predicted octanol–water partition coefficient (Wildman–Crippen LogP) is 2.12. The molecule has 2 rings (SSSR count). The van der Waals surface area contributed by atoms with Crippen LogP contribution in [0.3, 0.4) is 0 Å². The highest BCUT2D eigenvalue weighted by atomic mass is 35.5. The zero-order valence-electron chi connectivity index (χ0n) is 11.7. The molecule has 0 spiro atoms. The molecule has 0 saturated heterocycles. The van der Waals surface area contributed by atoms with Crippen molar-refractivity contribution in [2.24, 2.45) is 0 Å². The van der Waals surface area contributed by atoms with Crippen LogP contribution < -0.4 is 5.32 Å². The number of rotatable bonds is 6. The van der Waals surface area contributed by atoms with Crippen LogP contribution in [0, 0.1) is 0 Å². The lowest BCUT2D eigenvalue weighted by atomic mass is 10.0. The lowest BCUT2D eigenvalue weighted by Gasteiger charge is -2.23. The van der Waals surface area contributed by atoms with Crippen LogP contribution >= 0.6 is 11.6 Å². The van der Waals surface area contributed by atoms with Gasteiger partial charge in [-0.15, -0.1) is 0 Å². The van der Waals surface area contributed by atoms with Gasteiger partial charge in [0.2, 0.25) is 5.91 Å². The molecule has 0 bridgehead atoms. The van der Waals surface area contributed by atoms with Crippen molar-refractivity contribution in [2.45, 2.75) is 31.8 Å². The number of nitrogens with one attached hydrogen (secondary N) is 1. The Kier molecular flexibility index (Phi) is 4.78. The molecule has 1 N–H and O–H groups in total. The topological polar surface area (TPSA) is 49.4 Å². The summed E-state index contributed by atoms with van der Waals surface area (Å²) in [6.07, 6.45) is 2.12. The van der Waals surface area contributed by atoms with Crippen LogP contribution in [0.5, 0.6) is 0 Å². The second kappa shape index (κ2) is 6.37. The highest BCUT2D eigenvalue weighted by Crippen LogP contribution is 2.18. The van der Waals surface area contributed by atoms with E-state index >= 15 is 0 Å². The second-order valence-corrected chi connectivity index (χ2v) is 5.74. The highest BCUT2D eigenvalue weighted by molar-refractivity contribution is 6.31. The largest absolute Gasteiger partial charge is 0.352 e. The van der Waals surface area contributed by atoms with Crippen molar-refractivity contribution in [3.63, 3.8) is 0 Å². The predicted molar refractivity (Wildman–Crippen MR) is 79.0 cm³/mol. The Morgan fingerprint density at radius 1 is 1.45 bits per heavy atom. The van der Waals surface area contributed by atoms with Crippen molar-refractivity contribution in [3.05, 3.63) is 34.9 Å².